The summed E-state index contributed by atoms with van der Waals surface area (Å²) in [6, 6.07) is 43.1. The summed E-state index contributed by atoms with van der Waals surface area (Å²) >= 11 is 0. The van der Waals surface area contributed by atoms with Gasteiger partial charge in [-0.3, -0.25) is 9.69 Å². The molecule has 1 amide bonds. The van der Waals surface area contributed by atoms with Crippen LogP contribution in [0.25, 0.3) is 0 Å². The van der Waals surface area contributed by atoms with E-state index >= 15 is 0 Å². The first-order chi connectivity index (χ1) is 22.5. The summed E-state index contributed by atoms with van der Waals surface area (Å²) in [6.07, 6.45) is -0.775. The zero-order chi connectivity index (χ0) is 32.0. The molecule has 0 heterocycles. The fourth-order valence-corrected chi connectivity index (χ4v) is 4.99. The van der Waals surface area contributed by atoms with Crippen molar-refractivity contribution in [3.05, 3.63) is 156 Å². The fourth-order valence-electron chi connectivity index (χ4n) is 4.99. The fraction of sp³-hybridized carbons (Fsp3) is 0.205. The minimum atomic E-state index is -0.775. The number of carbonyl (C=O) groups excluding carboxylic acids is 1. The summed E-state index contributed by atoms with van der Waals surface area (Å²) in [5.41, 5.74) is 4.70. The minimum absolute atomic E-state index is 0.118. The third-order valence-electron chi connectivity index (χ3n) is 7.36. The Hall–Kier alpha value is -5.11. The maximum Gasteiger partial charge on any atom is 0.221 e. The Morgan fingerprint density at radius 3 is 1.85 bits per heavy atom. The first-order valence-corrected chi connectivity index (χ1v) is 15.4. The SMILES string of the molecule is CC(=O)Nc1ccc(OCCN(Cc2ccccc2)CC(O)c2ccc(OCc3ccccc3)c(OCc3ccccc3)c2)cc1. The molecule has 0 spiro atoms. The van der Waals surface area contributed by atoms with Gasteiger partial charge in [-0.25, -0.2) is 0 Å². The van der Waals surface area contributed by atoms with Gasteiger partial charge >= 0.3 is 0 Å². The standard InChI is InChI=1S/C39H40N2O5/c1-30(42)40-35-18-20-36(21-19-35)44-24-23-41(26-31-11-5-2-6-12-31)27-37(43)34-17-22-38(45-28-32-13-7-3-8-14-32)39(25-34)46-29-33-15-9-4-10-16-33/h2-22,25,37,43H,23-24,26-29H2,1H3,(H,40,42). The molecule has 0 aliphatic carbocycles. The van der Waals surface area contributed by atoms with Gasteiger partial charge in [0.2, 0.25) is 5.91 Å². The van der Waals surface area contributed by atoms with Crippen LogP contribution >= 0.6 is 0 Å². The van der Waals surface area contributed by atoms with E-state index < -0.39 is 6.10 Å². The van der Waals surface area contributed by atoms with Crippen molar-refractivity contribution >= 4 is 11.6 Å². The Balaban J connectivity index is 1.27. The predicted octanol–water partition coefficient (Wildman–Crippen LogP) is 7.42. The van der Waals surface area contributed by atoms with Crippen molar-refractivity contribution in [1.29, 1.82) is 0 Å². The second-order valence-electron chi connectivity index (χ2n) is 11.0. The summed E-state index contributed by atoms with van der Waals surface area (Å²) in [7, 11) is 0. The molecule has 7 heteroatoms. The van der Waals surface area contributed by atoms with Gasteiger partial charge in [-0.15, -0.1) is 0 Å². The van der Waals surface area contributed by atoms with Gasteiger partial charge in [-0.2, -0.15) is 0 Å². The molecule has 0 radical (unpaired) electrons. The third kappa shape index (κ3) is 10.2. The van der Waals surface area contributed by atoms with Crippen molar-refractivity contribution in [3.8, 4) is 17.2 Å². The number of anilines is 1. The van der Waals surface area contributed by atoms with Gasteiger partial charge in [0.15, 0.2) is 11.5 Å². The quantitative estimate of drug-likeness (QED) is 0.120. The van der Waals surface area contributed by atoms with E-state index in [1.165, 1.54) is 6.92 Å². The van der Waals surface area contributed by atoms with Crippen LogP contribution in [0.4, 0.5) is 5.69 Å². The molecule has 7 nitrogen and oxygen atoms in total. The molecular weight excluding hydrogens is 576 g/mol. The van der Waals surface area contributed by atoms with E-state index in [9.17, 15) is 9.90 Å². The molecule has 5 aromatic rings. The maximum absolute atomic E-state index is 11.5. The molecule has 0 bridgehead atoms. The minimum Gasteiger partial charge on any atom is -0.492 e. The number of nitrogens with one attached hydrogen (secondary N) is 1. The highest BCUT2D eigenvalue weighted by Gasteiger charge is 2.18. The van der Waals surface area contributed by atoms with E-state index in [1.54, 1.807) is 0 Å². The number of carbonyl (C=O) groups is 1. The van der Waals surface area contributed by atoms with Crippen LogP contribution in [0.2, 0.25) is 0 Å². The summed E-state index contributed by atoms with van der Waals surface area (Å²) < 4.78 is 18.4. The number of aliphatic hydroxyl groups excluding tert-OH is 1. The highest BCUT2D eigenvalue weighted by Crippen LogP contribution is 2.32. The Bertz CT molecular complexity index is 1630. The van der Waals surface area contributed by atoms with E-state index in [0.717, 1.165) is 27.9 Å². The zero-order valence-electron chi connectivity index (χ0n) is 26.0. The molecule has 5 aromatic carbocycles. The van der Waals surface area contributed by atoms with Gasteiger partial charge in [0.25, 0.3) is 0 Å². The Kier molecular flexibility index (Phi) is 11.8. The first kappa shape index (κ1) is 32.3. The number of hydrogen-bond donors (Lipinski definition) is 2. The molecule has 2 N–H and O–H groups in total. The molecule has 236 valence electrons. The lowest BCUT2D eigenvalue weighted by Crippen LogP contribution is -2.32. The maximum atomic E-state index is 11.5. The van der Waals surface area contributed by atoms with Crippen molar-refractivity contribution in [3.63, 3.8) is 0 Å². The van der Waals surface area contributed by atoms with E-state index in [1.807, 2.05) is 121 Å². The van der Waals surface area contributed by atoms with Gasteiger partial charge in [-0.1, -0.05) is 97.1 Å². The highest BCUT2D eigenvalue weighted by molar-refractivity contribution is 5.88. The number of nitrogens with zero attached hydrogens (tertiary/aromatic N) is 1. The number of rotatable bonds is 16. The van der Waals surface area contributed by atoms with E-state index in [4.69, 9.17) is 14.2 Å². The molecule has 0 aliphatic rings. The number of amides is 1. The number of hydrogen-bond acceptors (Lipinski definition) is 6. The molecule has 1 atom stereocenters. The Morgan fingerprint density at radius 1 is 0.696 bits per heavy atom. The van der Waals surface area contributed by atoms with Gasteiger partial charge in [-0.05, 0) is 58.7 Å². The third-order valence-corrected chi connectivity index (χ3v) is 7.36. The van der Waals surface area contributed by atoms with Gasteiger partial charge in [0.05, 0.1) is 6.10 Å². The van der Waals surface area contributed by atoms with Gasteiger partial charge in [0.1, 0.15) is 25.6 Å². The second kappa shape index (κ2) is 16.8. The van der Waals surface area contributed by atoms with Crippen molar-refractivity contribution in [1.82, 2.24) is 4.90 Å². The average molecular weight is 617 g/mol. The van der Waals surface area contributed by atoms with Crippen LogP contribution in [-0.4, -0.2) is 35.6 Å². The molecule has 0 aromatic heterocycles. The Labute approximate surface area is 271 Å². The number of benzene rings is 5. The first-order valence-electron chi connectivity index (χ1n) is 15.4. The van der Waals surface area contributed by atoms with E-state index in [0.29, 0.717) is 56.7 Å². The van der Waals surface area contributed by atoms with Crippen LogP contribution in [0.1, 0.15) is 35.3 Å². The second-order valence-corrected chi connectivity index (χ2v) is 11.0. The number of ether oxygens (including phenoxy) is 3. The lowest BCUT2D eigenvalue weighted by molar-refractivity contribution is -0.114. The smallest absolute Gasteiger partial charge is 0.221 e. The van der Waals surface area contributed by atoms with Crippen LogP contribution < -0.4 is 19.5 Å². The van der Waals surface area contributed by atoms with Crippen molar-refractivity contribution in [2.75, 3.05) is 25.0 Å². The molecule has 0 fully saturated rings. The molecule has 5 rings (SSSR count). The summed E-state index contributed by atoms with van der Waals surface area (Å²) in [5, 5.41) is 14.2. The molecular formula is C39H40N2O5. The van der Waals surface area contributed by atoms with Crippen LogP contribution in [0, 0.1) is 0 Å². The largest absolute Gasteiger partial charge is 0.492 e. The van der Waals surface area contributed by atoms with Crippen LogP contribution in [0.15, 0.2) is 133 Å². The van der Waals surface area contributed by atoms with E-state index in [2.05, 4.69) is 22.3 Å². The number of aliphatic hydroxyl groups is 1. The van der Waals surface area contributed by atoms with E-state index in [-0.39, 0.29) is 5.91 Å². The molecule has 0 saturated carbocycles. The molecule has 0 aliphatic heterocycles. The van der Waals surface area contributed by atoms with Crippen molar-refractivity contribution < 1.29 is 24.1 Å². The lowest BCUT2D eigenvalue weighted by Gasteiger charge is -2.26. The molecule has 0 saturated heterocycles. The average Bonchev–Trinajstić information content (AvgIpc) is 3.08. The summed E-state index contributed by atoms with van der Waals surface area (Å²) in [4.78, 5) is 13.5. The topological polar surface area (TPSA) is 80.3 Å². The Morgan fingerprint density at radius 2 is 1.26 bits per heavy atom. The monoisotopic (exact) mass is 616 g/mol. The molecule has 46 heavy (non-hydrogen) atoms. The normalized spacial score (nSPS) is 11.5. The van der Waals surface area contributed by atoms with Crippen LogP contribution in [-0.2, 0) is 24.6 Å². The van der Waals surface area contributed by atoms with Crippen LogP contribution in [0.5, 0.6) is 17.2 Å². The van der Waals surface area contributed by atoms with Gasteiger partial charge < -0.3 is 24.6 Å². The van der Waals surface area contributed by atoms with Crippen molar-refractivity contribution in [2.24, 2.45) is 0 Å². The van der Waals surface area contributed by atoms with Gasteiger partial charge in [0, 0.05) is 32.2 Å². The summed E-state index contributed by atoms with van der Waals surface area (Å²) in [5.74, 6) is 1.79. The zero-order valence-corrected chi connectivity index (χ0v) is 26.0. The van der Waals surface area contributed by atoms with Crippen molar-refractivity contribution in [2.45, 2.75) is 32.8 Å². The predicted molar refractivity (Wildman–Crippen MR) is 181 cm³/mol. The van der Waals surface area contributed by atoms with Crippen LogP contribution in [0.3, 0.4) is 0 Å². The lowest BCUT2D eigenvalue weighted by atomic mass is 10.1. The highest BCUT2D eigenvalue weighted by atomic mass is 16.5. The summed E-state index contributed by atoms with van der Waals surface area (Å²) in [6.45, 7) is 4.33. The molecule has 1 unspecified atom stereocenters.